The lowest BCUT2D eigenvalue weighted by Gasteiger charge is -2.12. The van der Waals surface area contributed by atoms with Crippen molar-refractivity contribution in [1.82, 2.24) is 4.98 Å². The van der Waals surface area contributed by atoms with Crippen LogP contribution in [0.4, 0.5) is 0 Å². The van der Waals surface area contributed by atoms with Gasteiger partial charge in [-0.25, -0.2) is 4.98 Å². The molecule has 0 radical (unpaired) electrons. The molecule has 0 amide bonds. The summed E-state index contributed by atoms with van der Waals surface area (Å²) in [6.07, 6.45) is 0. The molecule has 18 heavy (non-hydrogen) atoms. The Morgan fingerprint density at radius 3 is 1.67 bits per heavy atom. The molecule has 0 saturated heterocycles. The van der Waals surface area contributed by atoms with Crippen LogP contribution in [0.25, 0.3) is 11.3 Å². The molecular weight excluding hydrogens is 359 g/mol. The minimum atomic E-state index is 0.110. The number of nitrogens with zero attached hydrogens (tertiary/aromatic N) is 1. The van der Waals surface area contributed by atoms with Gasteiger partial charge in [0, 0.05) is 5.56 Å². The van der Waals surface area contributed by atoms with Crippen molar-refractivity contribution < 1.29 is 0 Å². The van der Waals surface area contributed by atoms with E-state index in [9.17, 15) is 0 Å². The maximum Gasteiger partial charge on any atom is 0.129 e. The molecular formula is C11H3Cl6N. The summed E-state index contributed by atoms with van der Waals surface area (Å²) in [5.41, 5.74) is 0.873. The molecule has 0 aliphatic carbocycles. The smallest absolute Gasteiger partial charge is 0.129 e. The van der Waals surface area contributed by atoms with Crippen molar-refractivity contribution >= 4 is 69.6 Å². The van der Waals surface area contributed by atoms with E-state index in [0.717, 1.165) is 0 Å². The van der Waals surface area contributed by atoms with E-state index in [4.69, 9.17) is 69.6 Å². The van der Waals surface area contributed by atoms with Crippen molar-refractivity contribution in [2.75, 3.05) is 0 Å². The summed E-state index contributed by atoms with van der Waals surface area (Å²) in [6.45, 7) is 0. The average molecular weight is 362 g/mol. The molecule has 7 heteroatoms. The molecule has 1 aromatic carbocycles. The fourth-order valence-corrected chi connectivity index (χ4v) is 2.87. The third-order valence-electron chi connectivity index (χ3n) is 2.18. The number of benzene rings is 1. The number of hydrogen-bond acceptors (Lipinski definition) is 1. The predicted molar refractivity (Wildman–Crippen MR) is 79.7 cm³/mol. The molecule has 1 heterocycles. The lowest BCUT2D eigenvalue weighted by molar-refractivity contribution is 1.33. The van der Waals surface area contributed by atoms with Crippen LogP contribution in [0.15, 0.2) is 18.2 Å². The largest absolute Gasteiger partial charge is 0.236 e. The first kappa shape index (κ1) is 14.5. The van der Waals surface area contributed by atoms with Crippen LogP contribution in [0.5, 0.6) is 0 Å². The Hall–Kier alpha value is 0.110. The van der Waals surface area contributed by atoms with E-state index in [1.165, 1.54) is 0 Å². The molecule has 0 saturated carbocycles. The van der Waals surface area contributed by atoms with Gasteiger partial charge in [-0.15, -0.1) is 0 Å². The summed E-state index contributed by atoms with van der Waals surface area (Å²) >= 11 is 35.9. The highest BCUT2D eigenvalue weighted by Gasteiger charge is 2.21. The Bertz CT molecular complexity index is 596. The van der Waals surface area contributed by atoms with Crippen LogP contribution < -0.4 is 0 Å². The molecule has 0 aliphatic rings. The van der Waals surface area contributed by atoms with E-state index in [1.54, 1.807) is 18.2 Å². The fraction of sp³-hybridized carbons (Fsp3) is 0. The summed E-state index contributed by atoms with van der Waals surface area (Å²) in [5, 5.41) is 1.05. The van der Waals surface area contributed by atoms with Gasteiger partial charge in [-0.3, -0.25) is 0 Å². The number of hydrogen-bond donors (Lipinski definition) is 0. The Kier molecular flexibility index (Phi) is 4.53. The van der Waals surface area contributed by atoms with Crippen molar-refractivity contribution in [1.29, 1.82) is 0 Å². The van der Waals surface area contributed by atoms with E-state index in [1.807, 2.05) is 0 Å². The van der Waals surface area contributed by atoms with Gasteiger partial charge in [0.2, 0.25) is 0 Å². The third-order valence-corrected chi connectivity index (χ3v) is 4.67. The van der Waals surface area contributed by atoms with Gasteiger partial charge < -0.3 is 0 Å². The molecule has 0 aliphatic heterocycles. The Balaban J connectivity index is 2.80. The van der Waals surface area contributed by atoms with Crippen molar-refractivity contribution in [3.05, 3.63) is 48.5 Å². The molecule has 0 N–H and O–H groups in total. The first-order chi connectivity index (χ1) is 8.43. The van der Waals surface area contributed by atoms with Crippen LogP contribution in [0.2, 0.25) is 30.3 Å². The highest BCUT2D eigenvalue weighted by molar-refractivity contribution is 6.56. The van der Waals surface area contributed by atoms with Crippen molar-refractivity contribution in [3.8, 4) is 11.3 Å². The maximum absolute atomic E-state index is 6.12. The Morgan fingerprint density at radius 1 is 0.667 bits per heavy atom. The van der Waals surface area contributed by atoms with Gasteiger partial charge in [0.1, 0.15) is 5.15 Å². The number of halogens is 6. The zero-order chi connectivity index (χ0) is 13.4. The lowest BCUT2D eigenvalue weighted by Crippen LogP contribution is -1.89. The minimum Gasteiger partial charge on any atom is -0.236 e. The molecule has 0 fully saturated rings. The van der Waals surface area contributed by atoms with Crippen LogP contribution in [0.1, 0.15) is 0 Å². The van der Waals surface area contributed by atoms with Gasteiger partial charge in [-0.05, 0) is 12.1 Å². The standard InChI is InChI=1S/C11H3Cl6N/c12-5-3-1-2-4(18-5)6-7(13)9(15)11(17)10(16)8(6)14/h1-3H. The van der Waals surface area contributed by atoms with Crippen LogP contribution in [0.3, 0.4) is 0 Å². The summed E-state index contributed by atoms with van der Waals surface area (Å²) in [5.74, 6) is 0. The maximum atomic E-state index is 6.12. The molecule has 94 valence electrons. The average Bonchev–Trinajstić information content (AvgIpc) is 2.34. The molecule has 2 rings (SSSR count). The molecule has 0 spiro atoms. The van der Waals surface area contributed by atoms with Crippen molar-refractivity contribution in [2.45, 2.75) is 0 Å². The van der Waals surface area contributed by atoms with Gasteiger partial charge in [-0.1, -0.05) is 75.7 Å². The second-order valence-corrected chi connectivity index (χ2v) is 5.57. The molecule has 1 aromatic heterocycles. The Morgan fingerprint density at radius 2 is 1.17 bits per heavy atom. The predicted octanol–water partition coefficient (Wildman–Crippen LogP) is 6.67. The molecule has 2 aromatic rings. The van der Waals surface area contributed by atoms with Crippen LogP contribution in [-0.2, 0) is 0 Å². The third kappa shape index (κ3) is 2.53. The van der Waals surface area contributed by atoms with E-state index in [-0.39, 0.29) is 25.1 Å². The van der Waals surface area contributed by atoms with Crippen LogP contribution in [0, 0.1) is 0 Å². The van der Waals surface area contributed by atoms with E-state index < -0.39 is 0 Å². The van der Waals surface area contributed by atoms with Crippen molar-refractivity contribution in [3.63, 3.8) is 0 Å². The highest BCUT2D eigenvalue weighted by atomic mass is 35.5. The Labute approximate surface area is 134 Å². The molecule has 0 atom stereocenters. The first-order valence-corrected chi connectivity index (χ1v) is 6.84. The van der Waals surface area contributed by atoms with Gasteiger partial charge in [0.05, 0.1) is 30.8 Å². The number of rotatable bonds is 1. The van der Waals surface area contributed by atoms with Crippen molar-refractivity contribution in [2.24, 2.45) is 0 Å². The molecule has 0 bridgehead atoms. The zero-order valence-corrected chi connectivity index (χ0v) is 13.0. The lowest BCUT2D eigenvalue weighted by atomic mass is 10.1. The summed E-state index contributed by atoms with van der Waals surface area (Å²) in [6, 6.07) is 5.04. The zero-order valence-electron chi connectivity index (χ0n) is 8.45. The van der Waals surface area contributed by atoms with E-state index >= 15 is 0 Å². The van der Waals surface area contributed by atoms with Gasteiger partial charge in [-0.2, -0.15) is 0 Å². The van der Waals surface area contributed by atoms with Gasteiger partial charge in [0.15, 0.2) is 0 Å². The van der Waals surface area contributed by atoms with Gasteiger partial charge >= 0.3 is 0 Å². The topological polar surface area (TPSA) is 12.9 Å². The quantitative estimate of drug-likeness (QED) is 0.314. The highest BCUT2D eigenvalue weighted by Crippen LogP contribution is 2.47. The monoisotopic (exact) mass is 359 g/mol. The molecule has 0 unspecified atom stereocenters. The summed E-state index contributed by atoms with van der Waals surface area (Å²) in [4.78, 5) is 4.11. The molecule has 1 nitrogen and oxygen atoms in total. The fourth-order valence-electron chi connectivity index (χ4n) is 1.38. The van der Waals surface area contributed by atoms with E-state index in [2.05, 4.69) is 4.98 Å². The first-order valence-electron chi connectivity index (χ1n) is 4.58. The normalized spacial score (nSPS) is 10.8. The number of aromatic nitrogens is 1. The van der Waals surface area contributed by atoms with Gasteiger partial charge in [0.25, 0.3) is 0 Å². The minimum absolute atomic E-state index is 0.110. The summed E-state index contributed by atoms with van der Waals surface area (Å²) < 4.78 is 0. The second kappa shape index (κ2) is 5.62. The van der Waals surface area contributed by atoms with E-state index in [0.29, 0.717) is 16.4 Å². The second-order valence-electron chi connectivity index (χ2n) is 3.29. The van der Waals surface area contributed by atoms with Crippen LogP contribution in [-0.4, -0.2) is 4.98 Å². The SMILES string of the molecule is Clc1cccc(-c2c(Cl)c(Cl)c(Cl)c(Cl)c2Cl)n1. The number of pyridine rings is 1. The summed E-state index contributed by atoms with van der Waals surface area (Å²) in [7, 11) is 0. The van der Waals surface area contributed by atoms with Crippen LogP contribution >= 0.6 is 69.6 Å².